The van der Waals surface area contributed by atoms with Crippen LogP contribution in [0.3, 0.4) is 0 Å². The number of aliphatic hydroxyl groups excluding tert-OH is 1. The van der Waals surface area contributed by atoms with Crippen LogP contribution < -0.4 is 11.3 Å². The average molecular weight is 299 g/mol. The molecule has 4 N–H and O–H groups in total. The number of aliphatic hydroxyl groups is 1. The number of β-amino-alcohol motifs (C(OH)–C–C–N with tert-alkyl or cyclic N) is 1. The van der Waals surface area contributed by atoms with Crippen LogP contribution in [0.2, 0.25) is 0 Å². The average Bonchev–Trinajstić information content (AvgIpc) is 2.81. The molecule has 0 aromatic heterocycles. The van der Waals surface area contributed by atoms with Crippen molar-refractivity contribution in [2.45, 2.75) is 30.4 Å². The number of nitrogens with zero attached hydrogens (tertiary/aromatic N) is 1. The Morgan fingerprint density at radius 3 is 2.55 bits per heavy atom. The maximum Gasteiger partial charge on any atom is 0.252 e. The van der Waals surface area contributed by atoms with Crippen LogP contribution in [-0.4, -0.2) is 42.4 Å². The van der Waals surface area contributed by atoms with Crippen molar-refractivity contribution in [2.24, 2.45) is 5.84 Å². The first kappa shape index (κ1) is 14.9. The summed E-state index contributed by atoms with van der Waals surface area (Å²) in [4.78, 5) is 11.7. The Bertz CT molecular complexity index is 600. The van der Waals surface area contributed by atoms with Gasteiger partial charge in [0.25, 0.3) is 5.91 Å². The number of nitrogens with one attached hydrogen (secondary N) is 1. The van der Waals surface area contributed by atoms with Gasteiger partial charge >= 0.3 is 0 Å². The molecule has 0 saturated carbocycles. The van der Waals surface area contributed by atoms with Crippen molar-refractivity contribution in [2.75, 3.05) is 6.54 Å². The first-order valence-electron chi connectivity index (χ1n) is 6.13. The van der Waals surface area contributed by atoms with Gasteiger partial charge in [0.05, 0.1) is 11.0 Å². The second kappa shape index (κ2) is 5.49. The number of hydrogen-bond acceptors (Lipinski definition) is 5. The number of hydrogen-bond donors (Lipinski definition) is 3. The third kappa shape index (κ3) is 2.68. The molecule has 1 aromatic rings. The molecule has 1 aliphatic heterocycles. The van der Waals surface area contributed by atoms with Crippen molar-refractivity contribution < 1.29 is 18.3 Å². The lowest BCUT2D eigenvalue weighted by Crippen LogP contribution is -2.47. The number of carbonyl (C=O) groups excluding carboxylic acids is 1. The molecule has 7 nitrogen and oxygen atoms in total. The molecule has 1 amide bonds. The molecule has 2 unspecified atom stereocenters. The van der Waals surface area contributed by atoms with Crippen LogP contribution in [0.4, 0.5) is 0 Å². The van der Waals surface area contributed by atoms with Gasteiger partial charge in [0.1, 0.15) is 6.04 Å². The van der Waals surface area contributed by atoms with Crippen LogP contribution in [0.5, 0.6) is 0 Å². The molecule has 0 aliphatic carbocycles. The van der Waals surface area contributed by atoms with Crippen molar-refractivity contribution in [1.82, 2.24) is 9.73 Å². The molecule has 2 atom stereocenters. The highest BCUT2D eigenvalue weighted by atomic mass is 32.2. The van der Waals surface area contributed by atoms with E-state index in [2.05, 4.69) is 0 Å². The quantitative estimate of drug-likeness (QED) is 0.381. The van der Waals surface area contributed by atoms with Crippen LogP contribution in [0.15, 0.2) is 29.2 Å². The standard InChI is InChI=1S/C12H17N3O4S/c1-8-2-4-10(5-3-8)20(18,19)15-7-9(16)6-11(15)12(17)14-13/h2-5,9,11,16H,6-7,13H2,1H3,(H,14,17). The van der Waals surface area contributed by atoms with Crippen LogP contribution in [0.1, 0.15) is 12.0 Å². The lowest BCUT2D eigenvalue weighted by molar-refractivity contribution is -0.124. The van der Waals surface area contributed by atoms with E-state index in [1.165, 1.54) is 12.1 Å². The van der Waals surface area contributed by atoms with Gasteiger partial charge in [-0.1, -0.05) is 17.7 Å². The van der Waals surface area contributed by atoms with E-state index in [0.717, 1.165) is 9.87 Å². The van der Waals surface area contributed by atoms with Gasteiger partial charge in [0.2, 0.25) is 10.0 Å². The van der Waals surface area contributed by atoms with Gasteiger partial charge in [-0.25, -0.2) is 14.3 Å². The molecule has 1 saturated heterocycles. The second-order valence-corrected chi connectivity index (χ2v) is 6.69. The first-order valence-corrected chi connectivity index (χ1v) is 7.57. The molecular weight excluding hydrogens is 282 g/mol. The molecule has 1 fully saturated rings. The van der Waals surface area contributed by atoms with Crippen LogP contribution in [-0.2, 0) is 14.8 Å². The predicted molar refractivity (Wildman–Crippen MR) is 71.8 cm³/mol. The third-order valence-corrected chi connectivity index (χ3v) is 5.20. The lowest BCUT2D eigenvalue weighted by atomic mass is 10.2. The molecule has 1 aromatic carbocycles. The van der Waals surface area contributed by atoms with Crippen LogP contribution in [0.25, 0.3) is 0 Å². The normalized spacial score (nSPS) is 23.8. The second-order valence-electron chi connectivity index (χ2n) is 4.80. The molecule has 0 radical (unpaired) electrons. The van der Waals surface area contributed by atoms with Gasteiger partial charge in [0, 0.05) is 13.0 Å². The number of nitrogens with two attached hydrogens (primary N) is 1. The van der Waals surface area contributed by atoms with E-state index in [0.29, 0.717) is 0 Å². The highest BCUT2D eigenvalue weighted by Gasteiger charge is 2.43. The van der Waals surface area contributed by atoms with Crippen molar-refractivity contribution in [3.05, 3.63) is 29.8 Å². The van der Waals surface area contributed by atoms with Gasteiger partial charge in [-0.15, -0.1) is 0 Å². The highest BCUT2D eigenvalue weighted by Crippen LogP contribution is 2.26. The molecule has 1 aliphatic rings. The molecular formula is C12H17N3O4S. The molecule has 110 valence electrons. The Kier molecular flexibility index (Phi) is 4.09. The Labute approximate surface area is 117 Å². The minimum atomic E-state index is -3.84. The van der Waals surface area contributed by atoms with Crippen molar-refractivity contribution in [3.8, 4) is 0 Å². The smallest absolute Gasteiger partial charge is 0.252 e. The summed E-state index contributed by atoms with van der Waals surface area (Å²) in [5.74, 6) is 4.43. The number of amides is 1. The van der Waals surface area contributed by atoms with Gasteiger partial charge in [-0.2, -0.15) is 4.31 Å². The minimum Gasteiger partial charge on any atom is -0.392 e. The Hall–Kier alpha value is -1.48. The zero-order valence-corrected chi connectivity index (χ0v) is 11.8. The summed E-state index contributed by atoms with van der Waals surface area (Å²) in [6.07, 6.45) is -0.841. The number of sulfonamides is 1. The summed E-state index contributed by atoms with van der Waals surface area (Å²) in [7, 11) is -3.84. The number of hydrazine groups is 1. The van der Waals surface area contributed by atoms with Crippen molar-refractivity contribution in [1.29, 1.82) is 0 Å². The van der Waals surface area contributed by atoms with E-state index in [1.54, 1.807) is 12.1 Å². The van der Waals surface area contributed by atoms with Gasteiger partial charge in [-0.3, -0.25) is 10.2 Å². The number of rotatable bonds is 3. The Balaban J connectivity index is 2.37. The third-order valence-electron chi connectivity index (χ3n) is 3.31. The highest BCUT2D eigenvalue weighted by molar-refractivity contribution is 7.89. The van der Waals surface area contributed by atoms with Gasteiger partial charge < -0.3 is 5.11 Å². The topological polar surface area (TPSA) is 113 Å². The summed E-state index contributed by atoms with van der Waals surface area (Å²) in [5, 5.41) is 9.64. The maximum atomic E-state index is 12.5. The summed E-state index contributed by atoms with van der Waals surface area (Å²) >= 11 is 0. The zero-order valence-electron chi connectivity index (χ0n) is 11.0. The molecule has 0 spiro atoms. The maximum absolute atomic E-state index is 12.5. The summed E-state index contributed by atoms with van der Waals surface area (Å²) in [6, 6.07) is 5.33. The number of carbonyl (C=O) groups is 1. The van der Waals surface area contributed by atoms with Gasteiger partial charge in [0.15, 0.2) is 0 Å². The summed E-state index contributed by atoms with van der Waals surface area (Å²) < 4.78 is 26.0. The lowest BCUT2D eigenvalue weighted by Gasteiger charge is -2.22. The SMILES string of the molecule is Cc1ccc(S(=O)(=O)N2CC(O)CC2C(=O)NN)cc1. The van der Waals surface area contributed by atoms with Crippen LogP contribution >= 0.6 is 0 Å². The zero-order chi connectivity index (χ0) is 14.9. The van der Waals surface area contributed by atoms with Crippen LogP contribution in [0, 0.1) is 6.92 Å². The minimum absolute atomic E-state index is 0.0358. The molecule has 8 heteroatoms. The fourth-order valence-electron chi connectivity index (χ4n) is 2.23. The van der Waals surface area contributed by atoms with E-state index in [-0.39, 0.29) is 17.9 Å². The summed E-state index contributed by atoms with van der Waals surface area (Å²) in [5.41, 5.74) is 2.87. The fourth-order valence-corrected chi connectivity index (χ4v) is 3.87. The van der Waals surface area contributed by atoms with Crippen molar-refractivity contribution >= 4 is 15.9 Å². The largest absolute Gasteiger partial charge is 0.392 e. The van der Waals surface area contributed by atoms with E-state index < -0.39 is 28.1 Å². The Morgan fingerprint density at radius 2 is 2.00 bits per heavy atom. The van der Waals surface area contributed by atoms with E-state index >= 15 is 0 Å². The van der Waals surface area contributed by atoms with Gasteiger partial charge in [-0.05, 0) is 19.1 Å². The fraction of sp³-hybridized carbons (Fsp3) is 0.417. The molecule has 0 bridgehead atoms. The van der Waals surface area contributed by atoms with E-state index in [1.807, 2.05) is 12.3 Å². The molecule has 20 heavy (non-hydrogen) atoms. The number of benzene rings is 1. The van der Waals surface area contributed by atoms with Crippen molar-refractivity contribution in [3.63, 3.8) is 0 Å². The van der Waals surface area contributed by atoms with E-state index in [4.69, 9.17) is 5.84 Å². The first-order chi connectivity index (χ1) is 9.36. The number of aryl methyl sites for hydroxylation is 1. The molecule has 2 rings (SSSR count). The monoisotopic (exact) mass is 299 g/mol. The van der Waals surface area contributed by atoms with E-state index in [9.17, 15) is 18.3 Å². The summed E-state index contributed by atoms with van der Waals surface area (Å²) in [6.45, 7) is 1.73. The molecule has 1 heterocycles. The predicted octanol–water partition coefficient (Wildman–Crippen LogP) is -0.891. The Morgan fingerprint density at radius 1 is 1.40 bits per heavy atom.